The fraction of sp³-hybridized carbons (Fsp3) is 0.233. The maximum atomic E-state index is 13.7. The number of esters is 1. The lowest BCUT2D eigenvalue weighted by Crippen LogP contribution is -2.45. The molecule has 206 valence electrons. The minimum atomic E-state index is -0.911. The third-order valence-corrected chi connectivity index (χ3v) is 8.08. The van der Waals surface area contributed by atoms with Crippen LogP contribution in [-0.2, 0) is 27.4 Å². The van der Waals surface area contributed by atoms with Crippen molar-refractivity contribution in [3.63, 3.8) is 0 Å². The van der Waals surface area contributed by atoms with Gasteiger partial charge in [0.2, 0.25) is 12.7 Å². The van der Waals surface area contributed by atoms with Crippen molar-refractivity contribution in [3.05, 3.63) is 82.9 Å². The molecule has 3 aromatic carbocycles. The van der Waals surface area contributed by atoms with Crippen molar-refractivity contribution in [2.75, 3.05) is 17.9 Å². The second kappa shape index (κ2) is 11.3. The molecule has 0 aromatic heterocycles. The van der Waals surface area contributed by atoms with Gasteiger partial charge in [-0.05, 0) is 65.9 Å². The van der Waals surface area contributed by atoms with Crippen LogP contribution >= 0.6 is 11.8 Å². The lowest BCUT2D eigenvalue weighted by atomic mass is 9.85. The number of hydrogen-bond acceptors (Lipinski definition) is 8. The van der Waals surface area contributed by atoms with E-state index in [4.69, 9.17) is 14.2 Å². The van der Waals surface area contributed by atoms with E-state index in [1.54, 1.807) is 30.3 Å². The van der Waals surface area contributed by atoms with Crippen molar-refractivity contribution in [1.29, 1.82) is 5.26 Å². The fourth-order valence-corrected chi connectivity index (χ4v) is 5.83. The van der Waals surface area contributed by atoms with Crippen LogP contribution in [-0.4, -0.2) is 36.2 Å². The summed E-state index contributed by atoms with van der Waals surface area (Å²) in [7, 11) is 0. The normalized spacial score (nSPS) is 18.9. The van der Waals surface area contributed by atoms with E-state index in [9.17, 15) is 19.6 Å². The van der Waals surface area contributed by atoms with Gasteiger partial charge in [0.1, 0.15) is 12.5 Å². The summed E-state index contributed by atoms with van der Waals surface area (Å²) >= 11 is 1.43. The van der Waals surface area contributed by atoms with E-state index in [1.165, 1.54) is 11.8 Å². The number of nitriles is 1. The highest BCUT2D eigenvalue weighted by molar-refractivity contribution is 8.00. The van der Waals surface area contributed by atoms with Gasteiger partial charge in [-0.3, -0.25) is 9.59 Å². The molecular weight excluding hydrogens is 544 g/mol. The molecule has 0 radical (unpaired) electrons. The standard InChI is InChI=1S/C30H24N4O6S/c31-13-18-2-1-3-19(10-18)14-38-29(36)27-21(7-4-17-5-8-23-24(11-17)40-16-39-23)33-30(37)34-28(27)20-6-9-25-22(12-20)32-26(35)15-41-25/h1-3,5-6,8-12,27-28H,4,7,14-16H2,(H,32,35)(H,34,37). The van der Waals surface area contributed by atoms with Crippen molar-refractivity contribution in [1.82, 2.24) is 5.32 Å². The summed E-state index contributed by atoms with van der Waals surface area (Å²) in [5.74, 6) is 0.0548. The average Bonchev–Trinajstić information content (AvgIpc) is 3.46. The molecule has 3 heterocycles. The zero-order valence-electron chi connectivity index (χ0n) is 21.7. The monoisotopic (exact) mass is 568 g/mol. The van der Waals surface area contributed by atoms with Gasteiger partial charge in [0.25, 0.3) is 0 Å². The summed E-state index contributed by atoms with van der Waals surface area (Å²) in [6.07, 6.45) is 0.825. The van der Waals surface area contributed by atoms with Gasteiger partial charge in [-0.15, -0.1) is 11.8 Å². The van der Waals surface area contributed by atoms with Crippen LogP contribution in [0.3, 0.4) is 0 Å². The number of amides is 3. The van der Waals surface area contributed by atoms with Crippen molar-refractivity contribution in [2.24, 2.45) is 10.9 Å². The molecule has 3 aliphatic heterocycles. The third-order valence-electron chi connectivity index (χ3n) is 7.01. The second-order valence-electron chi connectivity index (χ2n) is 9.71. The maximum Gasteiger partial charge on any atom is 0.341 e. The summed E-state index contributed by atoms with van der Waals surface area (Å²) in [4.78, 5) is 43.6. The summed E-state index contributed by atoms with van der Waals surface area (Å²) in [6, 6.07) is 18.7. The van der Waals surface area contributed by atoms with Crippen LogP contribution in [0.5, 0.6) is 11.5 Å². The molecule has 11 heteroatoms. The van der Waals surface area contributed by atoms with E-state index < -0.39 is 24.0 Å². The van der Waals surface area contributed by atoms with Gasteiger partial charge in [-0.1, -0.05) is 24.3 Å². The second-order valence-corrected chi connectivity index (χ2v) is 10.7. The van der Waals surface area contributed by atoms with Crippen LogP contribution < -0.4 is 20.1 Å². The van der Waals surface area contributed by atoms with Crippen molar-refractivity contribution < 1.29 is 28.6 Å². The SMILES string of the molecule is N#Cc1cccc(COC(=O)C2C(CCc3ccc4c(c3)OCO4)=NC(=O)NC2c2ccc3c(c2)NC(=O)CS3)c1. The Morgan fingerprint density at radius 2 is 1.93 bits per heavy atom. The van der Waals surface area contributed by atoms with E-state index in [1.807, 2.05) is 30.3 Å². The van der Waals surface area contributed by atoms with E-state index in [0.29, 0.717) is 58.2 Å². The lowest BCUT2D eigenvalue weighted by molar-refractivity contribution is -0.148. The first-order valence-corrected chi connectivity index (χ1v) is 13.9. The van der Waals surface area contributed by atoms with Crippen LogP contribution in [0.1, 0.15) is 34.7 Å². The van der Waals surface area contributed by atoms with E-state index in [2.05, 4.69) is 21.7 Å². The molecule has 2 N–H and O–H groups in total. The van der Waals surface area contributed by atoms with Crippen LogP contribution in [0.15, 0.2) is 70.6 Å². The number of rotatable bonds is 7. The molecule has 0 saturated heterocycles. The number of nitrogens with one attached hydrogen (secondary N) is 2. The van der Waals surface area contributed by atoms with Crippen LogP contribution in [0.2, 0.25) is 0 Å². The van der Waals surface area contributed by atoms with Crippen LogP contribution in [0.25, 0.3) is 0 Å². The van der Waals surface area contributed by atoms with Crippen LogP contribution in [0, 0.1) is 17.2 Å². The number of anilines is 1. The number of nitrogens with zero attached hydrogens (tertiary/aromatic N) is 2. The number of aryl methyl sites for hydroxylation is 1. The first-order valence-electron chi connectivity index (χ1n) is 13.0. The fourth-order valence-electron chi connectivity index (χ4n) is 5.04. The topological polar surface area (TPSA) is 139 Å². The number of ether oxygens (including phenoxy) is 3. The van der Waals surface area contributed by atoms with Gasteiger partial charge in [0.05, 0.1) is 29.1 Å². The molecule has 3 aromatic rings. The van der Waals surface area contributed by atoms with E-state index in [-0.39, 0.29) is 19.3 Å². The molecule has 41 heavy (non-hydrogen) atoms. The number of carbonyl (C=O) groups is 3. The molecule has 0 fully saturated rings. The van der Waals surface area contributed by atoms with Gasteiger partial charge in [0.15, 0.2) is 11.5 Å². The van der Waals surface area contributed by atoms with E-state index in [0.717, 1.165) is 10.5 Å². The molecule has 6 rings (SSSR count). The van der Waals surface area contributed by atoms with Crippen molar-refractivity contribution >= 4 is 41.1 Å². The van der Waals surface area contributed by atoms with E-state index >= 15 is 0 Å². The first kappa shape index (κ1) is 26.4. The molecule has 2 atom stereocenters. The summed E-state index contributed by atoms with van der Waals surface area (Å²) in [5, 5.41) is 14.9. The Labute approximate surface area is 239 Å². The average molecular weight is 569 g/mol. The number of fused-ring (bicyclic) bond motifs is 2. The Morgan fingerprint density at radius 1 is 1.05 bits per heavy atom. The molecule has 0 saturated carbocycles. The number of carbonyl (C=O) groups excluding carboxylic acids is 3. The molecule has 10 nitrogen and oxygen atoms in total. The Hall–Kier alpha value is -4.82. The summed E-state index contributed by atoms with van der Waals surface area (Å²) in [6.45, 7) is 0.121. The Morgan fingerprint density at radius 3 is 2.80 bits per heavy atom. The van der Waals surface area contributed by atoms with Gasteiger partial charge in [-0.2, -0.15) is 5.26 Å². The van der Waals surface area contributed by atoms with Gasteiger partial charge >= 0.3 is 12.0 Å². The largest absolute Gasteiger partial charge is 0.460 e. The predicted molar refractivity (Wildman–Crippen MR) is 150 cm³/mol. The highest BCUT2D eigenvalue weighted by atomic mass is 32.2. The Bertz CT molecular complexity index is 1630. The molecule has 3 aliphatic rings. The highest BCUT2D eigenvalue weighted by Gasteiger charge is 2.40. The van der Waals surface area contributed by atoms with Gasteiger partial charge in [0, 0.05) is 10.6 Å². The number of hydrogen-bond donors (Lipinski definition) is 2. The Balaban J connectivity index is 1.29. The zero-order valence-corrected chi connectivity index (χ0v) is 22.5. The molecule has 0 aliphatic carbocycles. The molecule has 2 unspecified atom stereocenters. The first-order chi connectivity index (χ1) is 20.0. The highest BCUT2D eigenvalue weighted by Crippen LogP contribution is 2.37. The van der Waals surface area contributed by atoms with Gasteiger partial charge in [-0.25, -0.2) is 9.79 Å². The summed E-state index contributed by atoms with van der Waals surface area (Å²) in [5.41, 5.74) is 3.73. The summed E-state index contributed by atoms with van der Waals surface area (Å²) < 4.78 is 16.6. The van der Waals surface area contributed by atoms with Crippen molar-refractivity contribution in [3.8, 4) is 17.6 Å². The smallest absolute Gasteiger partial charge is 0.341 e. The number of urea groups is 1. The minimum absolute atomic E-state index is 0.0438. The predicted octanol–water partition coefficient (Wildman–Crippen LogP) is 4.53. The zero-order chi connectivity index (χ0) is 28.3. The molecule has 0 spiro atoms. The Kier molecular flexibility index (Phi) is 7.31. The third kappa shape index (κ3) is 5.73. The lowest BCUT2D eigenvalue weighted by Gasteiger charge is -2.32. The quantitative estimate of drug-likeness (QED) is 0.397. The maximum absolute atomic E-state index is 13.7. The van der Waals surface area contributed by atoms with Gasteiger partial charge < -0.3 is 24.8 Å². The van der Waals surface area contributed by atoms with Crippen molar-refractivity contribution in [2.45, 2.75) is 30.4 Å². The number of aliphatic imine (C=N–C) groups is 1. The molecule has 0 bridgehead atoms. The van der Waals surface area contributed by atoms with Crippen LogP contribution in [0.4, 0.5) is 10.5 Å². The molecular formula is C30H24N4O6S. The molecule has 3 amide bonds. The number of thioether (sulfide) groups is 1. The number of benzene rings is 3. The minimum Gasteiger partial charge on any atom is -0.460 e.